The second kappa shape index (κ2) is 4.28. The fourth-order valence-electron chi connectivity index (χ4n) is 2.41. The Hall–Kier alpha value is -0.610. The normalized spacial score (nSPS) is 34.6. The van der Waals surface area contributed by atoms with Crippen LogP contribution in [0.5, 0.6) is 0 Å². The Morgan fingerprint density at radius 1 is 1.21 bits per heavy atom. The summed E-state index contributed by atoms with van der Waals surface area (Å²) in [7, 11) is 0. The van der Waals surface area contributed by atoms with E-state index in [9.17, 15) is 4.79 Å². The number of carboxylic acids is 1. The standard InChI is InChI=1S/C10H17NO3/c12-10(13)9-2-1-8(14-9)7-3-5-11-6-4-7/h7-9,11H,1-6H2,(H,12,13). The third-order valence-electron chi connectivity index (χ3n) is 3.24. The van der Waals surface area contributed by atoms with Gasteiger partial charge in [-0.15, -0.1) is 0 Å². The molecule has 0 aromatic rings. The molecule has 2 N–H and O–H groups in total. The molecular weight excluding hydrogens is 182 g/mol. The molecule has 0 radical (unpaired) electrons. The van der Waals surface area contributed by atoms with Gasteiger partial charge in [-0.25, -0.2) is 4.79 Å². The first-order chi connectivity index (χ1) is 6.77. The van der Waals surface area contributed by atoms with Crippen molar-refractivity contribution >= 4 is 5.97 Å². The van der Waals surface area contributed by atoms with E-state index in [1.165, 1.54) is 0 Å². The van der Waals surface area contributed by atoms with Crippen molar-refractivity contribution in [3.05, 3.63) is 0 Å². The number of nitrogens with one attached hydrogen (secondary N) is 1. The van der Waals surface area contributed by atoms with Crippen molar-refractivity contribution in [1.82, 2.24) is 5.32 Å². The average Bonchev–Trinajstić information content (AvgIpc) is 2.68. The van der Waals surface area contributed by atoms with E-state index in [1.807, 2.05) is 0 Å². The lowest BCUT2D eigenvalue weighted by Gasteiger charge is -2.27. The molecule has 4 nitrogen and oxygen atoms in total. The molecule has 2 saturated heterocycles. The monoisotopic (exact) mass is 199 g/mol. The van der Waals surface area contributed by atoms with Gasteiger partial charge < -0.3 is 15.2 Å². The first kappa shape index (κ1) is 9.93. The fourth-order valence-corrected chi connectivity index (χ4v) is 2.41. The summed E-state index contributed by atoms with van der Waals surface area (Å²) in [6.45, 7) is 2.09. The molecular formula is C10H17NO3. The summed E-state index contributed by atoms with van der Waals surface area (Å²) in [6.07, 6.45) is 3.49. The van der Waals surface area contributed by atoms with Gasteiger partial charge in [0.05, 0.1) is 6.10 Å². The quantitative estimate of drug-likeness (QED) is 0.684. The molecule has 0 spiro atoms. The molecule has 14 heavy (non-hydrogen) atoms. The van der Waals surface area contributed by atoms with E-state index in [0.717, 1.165) is 32.4 Å². The van der Waals surface area contributed by atoms with Gasteiger partial charge in [0, 0.05) is 0 Å². The molecule has 80 valence electrons. The highest BCUT2D eigenvalue weighted by Crippen LogP contribution is 2.30. The number of ether oxygens (including phenoxy) is 1. The van der Waals surface area contributed by atoms with E-state index in [-0.39, 0.29) is 6.10 Å². The lowest BCUT2D eigenvalue weighted by atomic mass is 9.91. The van der Waals surface area contributed by atoms with Crippen molar-refractivity contribution in [2.75, 3.05) is 13.1 Å². The summed E-state index contributed by atoms with van der Waals surface area (Å²) in [4.78, 5) is 10.7. The lowest BCUT2D eigenvalue weighted by molar-refractivity contribution is -0.150. The predicted octanol–water partition coefficient (Wildman–Crippen LogP) is 0.618. The molecule has 2 heterocycles. The molecule has 0 amide bonds. The lowest BCUT2D eigenvalue weighted by Crippen LogP contribution is -2.34. The molecule has 0 bridgehead atoms. The SMILES string of the molecule is O=C(O)C1CCC(C2CCNCC2)O1. The average molecular weight is 199 g/mol. The third-order valence-corrected chi connectivity index (χ3v) is 3.24. The Morgan fingerprint density at radius 2 is 1.93 bits per heavy atom. The largest absolute Gasteiger partial charge is 0.479 e. The van der Waals surface area contributed by atoms with Crippen LogP contribution in [0.3, 0.4) is 0 Å². The van der Waals surface area contributed by atoms with Gasteiger partial charge in [-0.2, -0.15) is 0 Å². The van der Waals surface area contributed by atoms with Gasteiger partial charge in [-0.1, -0.05) is 0 Å². The van der Waals surface area contributed by atoms with E-state index in [2.05, 4.69) is 5.32 Å². The number of carboxylic acid groups (broad SMARTS) is 1. The van der Waals surface area contributed by atoms with E-state index in [0.29, 0.717) is 12.3 Å². The zero-order valence-electron chi connectivity index (χ0n) is 8.24. The van der Waals surface area contributed by atoms with Crippen LogP contribution in [0.25, 0.3) is 0 Å². The molecule has 0 aliphatic carbocycles. The first-order valence-corrected chi connectivity index (χ1v) is 5.36. The van der Waals surface area contributed by atoms with Crippen LogP contribution in [0.2, 0.25) is 0 Å². The number of aliphatic carboxylic acids is 1. The van der Waals surface area contributed by atoms with Crippen molar-refractivity contribution in [2.24, 2.45) is 5.92 Å². The Balaban J connectivity index is 1.85. The second-order valence-corrected chi connectivity index (χ2v) is 4.17. The molecule has 2 rings (SSSR count). The Labute approximate surface area is 83.6 Å². The molecule has 2 fully saturated rings. The minimum absolute atomic E-state index is 0.193. The zero-order chi connectivity index (χ0) is 9.97. The zero-order valence-corrected chi connectivity index (χ0v) is 8.24. The molecule has 0 aromatic heterocycles. The van der Waals surface area contributed by atoms with Crippen LogP contribution in [-0.2, 0) is 9.53 Å². The first-order valence-electron chi connectivity index (χ1n) is 5.36. The van der Waals surface area contributed by atoms with Gasteiger partial charge in [0.15, 0.2) is 6.10 Å². The van der Waals surface area contributed by atoms with E-state index in [4.69, 9.17) is 9.84 Å². The van der Waals surface area contributed by atoms with Gasteiger partial charge in [-0.3, -0.25) is 0 Å². The molecule has 2 unspecified atom stereocenters. The van der Waals surface area contributed by atoms with Crippen molar-refractivity contribution in [2.45, 2.75) is 37.9 Å². The van der Waals surface area contributed by atoms with Gasteiger partial charge >= 0.3 is 5.97 Å². The number of rotatable bonds is 2. The molecule has 0 saturated carbocycles. The van der Waals surface area contributed by atoms with Gasteiger partial charge in [-0.05, 0) is 44.7 Å². The van der Waals surface area contributed by atoms with Gasteiger partial charge in [0.2, 0.25) is 0 Å². The highest BCUT2D eigenvalue weighted by molar-refractivity contribution is 5.72. The predicted molar refractivity (Wildman–Crippen MR) is 51.1 cm³/mol. The molecule has 0 aromatic carbocycles. The van der Waals surface area contributed by atoms with Crippen LogP contribution < -0.4 is 5.32 Å². The summed E-state index contributed by atoms with van der Waals surface area (Å²) in [5.41, 5.74) is 0. The Morgan fingerprint density at radius 3 is 2.50 bits per heavy atom. The maximum absolute atomic E-state index is 10.7. The van der Waals surface area contributed by atoms with Crippen molar-refractivity contribution in [3.63, 3.8) is 0 Å². The summed E-state index contributed by atoms with van der Waals surface area (Å²) >= 11 is 0. The number of carbonyl (C=O) groups is 1. The van der Waals surface area contributed by atoms with Crippen LogP contribution >= 0.6 is 0 Å². The topological polar surface area (TPSA) is 58.6 Å². The maximum atomic E-state index is 10.7. The van der Waals surface area contributed by atoms with Crippen LogP contribution in [0.4, 0.5) is 0 Å². The smallest absolute Gasteiger partial charge is 0.332 e. The maximum Gasteiger partial charge on any atom is 0.332 e. The van der Waals surface area contributed by atoms with Gasteiger partial charge in [0.25, 0.3) is 0 Å². The van der Waals surface area contributed by atoms with E-state index >= 15 is 0 Å². The van der Waals surface area contributed by atoms with Crippen LogP contribution in [0.15, 0.2) is 0 Å². The number of piperidine rings is 1. The second-order valence-electron chi connectivity index (χ2n) is 4.17. The minimum Gasteiger partial charge on any atom is -0.479 e. The van der Waals surface area contributed by atoms with E-state index < -0.39 is 12.1 Å². The highest BCUT2D eigenvalue weighted by atomic mass is 16.5. The summed E-state index contributed by atoms with van der Waals surface area (Å²) in [5, 5.41) is 12.1. The molecule has 2 aliphatic rings. The Kier molecular flexibility index (Phi) is 3.03. The number of hydrogen-bond acceptors (Lipinski definition) is 3. The van der Waals surface area contributed by atoms with Crippen molar-refractivity contribution < 1.29 is 14.6 Å². The summed E-state index contributed by atoms with van der Waals surface area (Å²) in [6, 6.07) is 0. The van der Waals surface area contributed by atoms with Crippen molar-refractivity contribution in [3.8, 4) is 0 Å². The van der Waals surface area contributed by atoms with Gasteiger partial charge in [0.1, 0.15) is 0 Å². The Bertz CT molecular complexity index is 213. The minimum atomic E-state index is -0.804. The highest BCUT2D eigenvalue weighted by Gasteiger charge is 2.35. The molecule has 2 aliphatic heterocycles. The molecule has 4 heteroatoms. The summed E-state index contributed by atoms with van der Waals surface area (Å²) in [5.74, 6) is -0.234. The van der Waals surface area contributed by atoms with Crippen LogP contribution in [-0.4, -0.2) is 36.4 Å². The fraction of sp³-hybridized carbons (Fsp3) is 0.900. The summed E-state index contributed by atoms with van der Waals surface area (Å²) < 4.78 is 5.54. The molecule has 2 atom stereocenters. The van der Waals surface area contributed by atoms with Crippen molar-refractivity contribution in [1.29, 1.82) is 0 Å². The number of hydrogen-bond donors (Lipinski definition) is 2. The van der Waals surface area contributed by atoms with E-state index in [1.54, 1.807) is 0 Å². The van der Waals surface area contributed by atoms with Crippen LogP contribution in [0.1, 0.15) is 25.7 Å². The third kappa shape index (κ3) is 2.07. The van der Waals surface area contributed by atoms with Crippen LogP contribution in [0, 0.1) is 5.92 Å².